The standard InChI is InChI=1S/C12H6N10/c1-3-9(11-15-19-20-16-11)13-5-7(1)8-2-4-10(14-6-8)12-17-21-22-18-12/h1-6H/q-2. The van der Waals surface area contributed by atoms with Crippen molar-refractivity contribution in [1.82, 2.24) is 51.2 Å². The van der Waals surface area contributed by atoms with E-state index in [1.165, 1.54) is 0 Å². The van der Waals surface area contributed by atoms with Gasteiger partial charge in [-0.2, -0.15) is 10.4 Å². The average Bonchev–Trinajstić information content (AvgIpc) is 3.29. The highest BCUT2D eigenvalue weighted by Gasteiger charge is 2.02. The molecule has 0 saturated carbocycles. The van der Waals surface area contributed by atoms with Gasteiger partial charge in [-0.25, -0.2) is 0 Å². The van der Waals surface area contributed by atoms with E-state index in [4.69, 9.17) is 0 Å². The topological polar surface area (TPSA) is 131 Å². The number of hydrogen-bond donors (Lipinski definition) is 0. The van der Waals surface area contributed by atoms with Gasteiger partial charge in [0.2, 0.25) is 0 Å². The second-order valence-electron chi connectivity index (χ2n) is 4.27. The van der Waals surface area contributed by atoms with Crippen LogP contribution in [0.1, 0.15) is 0 Å². The van der Waals surface area contributed by atoms with Gasteiger partial charge in [-0.3, -0.25) is 30.6 Å². The fraction of sp³-hybridized carbons (Fsp3) is 0. The van der Waals surface area contributed by atoms with E-state index >= 15 is 0 Å². The maximum absolute atomic E-state index is 4.29. The van der Waals surface area contributed by atoms with E-state index in [1.807, 2.05) is 12.1 Å². The molecule has 0 unspecified atom stereocenters. The maximum atomic E-state index is 4.29. The summed E-state index contributed by atoms with van der Waals surface area (Å²) in [5, 5.41) is 28.7. The largest absolute Gasteiger partial charge is 0.329 e. The summed E-state index contributed by atoms with van der Waals surface area (Å²) >= 11 is 0. The molecule has 0 fully saturated rings. The molecule has 0 aliphatic carbocycles. The summed E-state index contributed by atoms with van der Waals surface area (Å²) in [6.07, 6.45) is 3.43. The molecule has 4 rings (SSSR count). The molecule has 106 valence electrons. The van der Waals surface area contributed by atoms with Crippen LogP contribution in [0.25, 0.3) is 34.2 Å². The summed E-state index contributed by atoms with van der Waals surface area (Å²) in [5.74, 6) is 0.793. The molecular formula is C12H6N10-2. The van der Waals surface area contributed by atoms with E-state index in [9.17, 15) is 0 Å². The lowest BCUT2D eigenvalue weighted by Crippen LogP contribution is -1.90. The lowest BCUT2D eigenvalue weighted by atomic mass is 10.1. The van der Waals surface area contributed by atoms with Crippen LogP contribution in [0.4, 0.5) is 0 Å². The molecule has 10 nitrogen and oxygen atoms in total. The third-order valence-corrected chi connectivity index (χ3v) is 2.96. The van der Waals surface area contributed by atoms with Crippen LogP contribution in [0.15, 0.2) is 36.7 Å². The number of rotatable bonds is 3. The number of aromatic nitrogens is 10. The first-order valence-corrected chi connectivity index (χ1v) is 6.21. The van der Waals surface area contributed by atoms with Crippen molar-refractivity contribution < 1.29 is 0 Å². The Kier molecular flexibility index (Phi) is 2.82. The Morgan fingerprint density at radius 1 is 0.636 bits per heavy atom. The van der Waals surface area contributed by atoms with Gasteiger partial charge in [-0.15, -0.1) is 0 Å². The van der Waals surface area contributed by atoms with Crippen LogP contribution in [0.2, 0.25) is 0 Å². The summed E-state index contributed by atoms with van der Waals surface area (Å²) in [6.45, 7) is 0. The highest BCUT2D eigenvalue weighted by molar-refractivity contribution is 5.65. The molecule has 0 radical (unpaired) electrons. The van der Waals surface area contributed by atoms with Gasteiger partial charge in [-0.1, -0.05) is 12.1 Å². The summed E-state index contributed by atoms with van der Waals surface area (Å²) in [4.78, 5) is 8.58. The van der Waals surface area contributed by atoms with Crippen LogP contribution < -0.4 is 10.2 Å². The normalized spacial score (nSPS) is 10.7. The Labute approximate surface area is 123 Å². The van der Waals surface area contributed by atoms with E-state index in [2.05, 4.69) is 51.2 Å². The monoisotopic (exact) mass is 290 g/mol. The predicted molar refractivity (Wildman–Crippen MR) is 71.7 cm³/mol. The second-order valence-corrected chi connectivity index (χ2v) is 4.27. The molecule has 0 spiro atoms. The number of pyridine rings is 2. The smallest absolute Gasteiger partial charge is 0.0772 e. The molecule has 10 heteroatoms. The van der Waals surface area contributed by atoms with Crippen molar-refractivity contribution in [1.29, 1.82) is 0 Å². The summed E-state index contributed by atoms with van der Waals surface area (Å²) < 4.78 is 0. The zero-order valence-electron chi connectivity index (χ0n) is 10.9. The van der Waals surface area contributed by atoms with Crippen molar-refractivity contribution in [2.45, 2.75) is 0 Å². The van der Waals surface area contributed by atoms with Crippen LogP contribution in [-0.4, -0.2) is 41.0 Å². The summed E-state index contributed by atoms with van der Waals surface area (Å²) in [6, 6.07) is 7.40. The fourth-order valence-corrected chi connectivity index (χ4v) is 1.89. The lowest BCUT2D eigenvalue weighted by molar-refractivity contribution is 0.871. The number of tetrazole rings is 2. The Balaban J connectivity index is 1.62. The van der Waals surface area contributed by atoms with Gasteiger partial charge in [0.15, 0.2) is 0 Å². The van der Waals surface area contributed by atoms with Crippen molar-refractivity contribution >= 4 is 0 Å². The van der Waals surface area contributed by atoms with Gasteiger partial charge in [0, 0.05) is 23.5 Å². The zero-order chi connectivity index (χ0) is 14.8. The van der Waals surface area contributed by atoms with E-state index in [0.29, 0.717) is 23.0 Å². The minimum Gasteiger partial charge on any atom is -0.329 e. The first kappa shape index (κ1) is 12.2. The molecule has 0 N–H and O–H groups in total. The van der Waals surface area contributed by atoms with Gasteiger partial charge in [0.25, 0.3) is 0 Å². The highest BCUT2D eigenvalue weighted by atomic mass is 15.5. The molecule has 0 amide bonds. The minimum atomic E-state index is 0.397. The van der Waals surface area contributed by atoms with Crippen LogP contribution >= 0.6 is 0 Å². The minimum absolute atomic E-state index is 0.397. The van der Waals surface area contributed by atoms with E-state index < -0.39 is 0 Å². The Bertz CT molecular complexity index is 774. The van der Waals surface area contributed by atoms with Crippen molar-refractivity contribution in [3.63, 3.8) is 0 Å². The molecule has 0 bridgehead atoms. The SMILES string of the molecule is c1cc(-c2nnn[n-]2)ncc1-c1ccc(-c2nnn[n-]2)nc1. The average molecular weight is 290 g/mol. The molecule has 4 heterocycles. The van der Waals surface area contributed by atoms with Crippen LogP contribution in [0.3, 0.4) is 0 Å². The number of nitrogens with zero attached hydrogens (tertiary/aromatic N) is 10. The van der Waals surface area contributed by atoms with E-state index in [-0.39, 0.29) is 0 Å². The quantitative estimate of drug-likeness (QED) is 0.498. The second kappa shape index (κ2) is 5.09. The van der Waals surface area contributed by atoms with Crippen molar-refractivity contribution in [2.24, 2.45) is 0 Å². The van der Waals surface area contributed by atoms with Crippen molar-refractivity contribution in [3.8, 4) is 34.2 Å². The van der Waals surface area contributed by atoms with Crippen LogP contribution in [0, 0.1) is 0 Å². The first-order chi connectivity index (χ1) is 10.9. The molecular weight excluding hydrogens is 284 g/mol. The Hall–Kier alpha value is -3.56. The van der Waals surface area contributed by atoms with E-state index in [1.54, 1.807) is 24.5 Å². The van der Waals surface area contributed by atoms with Gasteiger partial charge >= 0.3 is 0 Å². The molecule has 4 aromatic heterocycles. The van der Waals surface area contributed by atoms with Gasteiger partial charge in [0.1, 0.15) is 0 Å². The van der Waals surface area contributed by atoms with Gasteiger partial charge in [0.05, 0.1) is 23.0 Å². The van der Waals surface area contributed by atoms with E-state index in [0.717, 1.165) is 11.1 Å². The van der Waals surface area contributed by atoms with Gasteiger partial charge in [-0.05, 0) is 12.1 Å². The molecule has 0 aliphatic heterocycles. The summed E-state index contributed by atoms with van der Waals surface area (Å²) in [5.41, 5.74) is 3.05. The third kappa shape index (κ3) is 2.18. The van der Waals surface area contributed by atoms with Gasteiger partial charge < -0.3 is 10.2 Å². The third-order valence-electron chi connectivity index (χ3n) is 2.96. The van der Waals surface area contributed by atoms with Crippen LogP contribution in [-0.2, 0) is 0 Å². The molecule has 4 aromatic rings. The predicted octanol–water partition coefficient (Wildman–Crippen LogP) is -0.238. The van der Waals surface area contributed by atoms with Crippen LogP contribution in [0.5, 0.6) is 0 Å². The van der Waals surface area contributed by atoms with Crippen molar-refractivity contribution in [3.05, 3.63) is 36.7 Å². The summed E-state index contributed by atoms with van der Waals surface area (Å²) in [7, 11) is 0. The molecule has 0 saturated heterocycles. The zero-order valence-corrected chi connectivity index (χ0v) is 10.9. The number of hydrogen-bond acceptors (Lipinski definition) is 8. The highest BCUT2D eigenvalue weighted by Crippen LogP contribution is 2.21. The molecule has 0 aromatic carbocycles. The Morgan fingerprint density at radius 2 is 1.14 bits per heavy atom. The molecule has 22 heavy (non-hydrogen) atoms. The molecule has 0 aliphatic rings. The Morgan fingerprint density at radius 3 is 1.45 bits per heavy atom. The first-order valence-electron chi connectivity index (χ1n) is 6.21. The van der Waals surface area contributed by atoms with Crippen molar-refractivity contribution in [2.75, 3.05) is 0 Å². The fourth-order valence-electron chi connectivity index (χ4n) is 1.89. The maximum Gasteiger partial charge on any atom is 0.0772 e. The molecule has 0 atom stereocenters. The lowest BCUT2D eigenvalue weighted by Gasteiger charge is -2.05.